The lowest BCUT2D eigenvalue weighted by atomic mass is 10.1. The van der Waals surface area contributed by atoms with Gasteiger partial charge in [0.25, 0.3) is 5.56 Å². The number of aromatic nitrogens is 2. The minimum atomic E-state index is -3.45. The van der Waals surface area contributed by atoms with Crippen molar-refractivity contribution in [3.8, 4) is 0 Å². The first-order chi connectivity index (χ1) is 10.6. The molecule has 0 bridgehead atoms. The molecule has 1 N–H and O–H groups in total. The molecule has 23 heavy (non-hydrogen) atoms. The third-order valence-corrected chi connectivity index (χ3v) is 4.80. The number of carbonyl (C=O) groups excluding carboxylic acids is 1. The van der Waals surface area contributed by atoms with E-state index in [1.165, 1.54) is 11.5 Å². The first kappa shape index (κ1) is 17.6. The summed E-state index contributed by atoms with van der Waals surface area (Å²) < 4.78 is 26.3. The molecule has 9 heteroatoms. The predicted molar refractivity (Wildman–Crippen MR) is 85.6 cm³/mol. The second-order valence-corrected chi connectivity index (χ2v) is 7.67. The van der Waals surface area contributed by atoms with Gasteiger partial charge in [-0.2, -0.15) is 0 Å². The van der Waals surface area contributed by atoms with Gasteiger partial charge < -0.3 is 4.90 Å². The number of sulfonamides is 1. The lowest BCUT2D eigenvalue weighted by molar-refractivity contribution is -0.132. The van der Waals surface area contributed by atoms with Gasteiger partial charge in [-0.1, -0.05) is 0 Å². The van der Waals surface area contributed by atoms with Gasteiger partial charge in [-0.25, -0.2) is 18.1 Å². The van der Waals surface area contributed by atoms with Crippen LogP contribution in [0, 0.1) is 6.92 Å². The molecule has 0 fully saturated rings. The molecule has 0 radical (unpaired) electrons. The van der Waals surface area contributed by atoms with Gasteiger partial charge in [-0.15, -0.1) is 0 Å². The van der Waals surface area contributed by atoms with Crippen molar-refractivity contribution in [2.24, 2.45) is 7.05 Å². The van der Waals surface area contributed by atoms with E-state index in [9.17, 15) is 18.0 Å². The Morgan fingerprint density at radius 2 is 1.91 bits per heavy atom. The van der Waals surface area contributed by atoms with E-state index in [0.717, 1.165) is 11.9 Å². The molecule has 0 spiro atoms. The standard InChI is InChI=1S/C14H22N4O4S/c1-9(16-23(4,21)22)13(19)18-7-5-11-12(6-8-18)15-10(2)17(3)14(11)20/h9,16H,5-8H2,1-4H3/t9-/m1/s1. The Hall–Kier alpha value is -1.74. The van der Waals surface area contributed by atoms with E-state index in [1.54, 1.807) is 18.9 Å². The molecule has 0 saturated carbocycles. The molecule has 0 aromatic carbocycles. The SMILES string of the molecule is Cc1nc2c(c(=O)n1C)CCN(C(=O)[C@@H](C)NS(C)(=O)=O)CC2. The fourth-order valence-corrected chi connectivity index (χ4v) is 3.48. The van der Waals surface area contributed by atoms with Crippen LogP contribution in [0.2, 0.25) is 0 Å². The average Bonchev–Trinajstić information content (AvgIpc) is 2.65. The molecule has 2 rings (SSSR count). The topological polar surface area (TPSA) is 101 Å². The highest BCUT2D eigenvalue weighted by molar-refractivity contribution is 7.88. The summed E-state index contributed by atoms with van der Waals surface area (Å²) in [4.78, 5) is 30.7. The van der Waals surface area contributed by atoms with Crippen molar-refractivity contribution in [2.45, 2.75) is 32.7 Å². The molecule has 8 nitrogen and oxygen atoms in total. The van der Waals surface area contributed by atoms with Gasteiger partial charge >= 0.3 is 0 Å². The third-order valence-electron chi connectivity index (χ3n) is 4.02. The lowest BCUT2D eigenvalue weighted by Crippen LogP contribution is -2.47. The third kappa shape index (κ3) is 3.97. The van der Waals surface area contributed by atoms with Gasteiger partial charge in [0.2, 0.25) is 15.9 Å². The Morgan fingerprint density at radius 1 is 1.30 bits per heavy atom. The van der Waals surface area contributed by atoms with E-state index in [4.69, 9.17) is 0 Å². The monoisotopic (exact) mass is 342 g/mol. The summed E-state index contributed by atoms with van der Waals surface area (Å²) in [5.41, 5.74) is 1.28. The van der Waals surface area contributed by atoms with Crippen molar-refractivity contribution < 1.29 is 13.2 Å². The van der Waals surface area contributed by atoms with Crippen LogP contribution in [0.25, 0.3) is 0 Å². The zero-order chi connectivity index (χ0) is 17.4. The molecule has 128 valence electrons. The van der Waals surface area contributed by atoms with Crippen molar-refractivity contribution >= 4 is 15.9 Å². The largest absolute Gasteiger partial charge is 0.341 e. The fraction of sp³-hybridized carbons (Fsp3) is 0.643. The van der Waals surface area contributed by atoms with Crippen LogP contribution in [0.4, 0.5) is 0 Å². The van der Waals surface area contributed by atoms with Crippen LogP contribution in [0.3, 0.4) is 0 Å². The second-order valence-electron chi connectivity index (χ2n) is 5.89. The first-order valence-corrected chi connectivity index (χ1v) is 9.30. The van der Waals surface area contributed by atoms with Gasteiger partial charge in [0.15, 0.2) is 0 Å². The van der Waals surface area contributed by atoms with E-state index in [-0.39, 0.29) is 11.5 Å². The summed E-state index contributed by atoms with van der Waals surface area (Å²) in [6.07, 6.45) is 1.93. The zero-order valence-corrected chi connectivity index (χ0v) is 14.6. The maximum Gasteiger partial charge on any atom is 0.256 e. The molecular formula is C14H22N4O4S. The molecule has 2 heterocycles. The summed E-state index contributed by atoms with van der Waals surface area (Å²) in [6, 6.07) is -0.830. The van der Waals surface area contributed by atoms with Crippen LogP contribution in [0.5, 0.6) is 0 Å². The van der Waals surface area contributed by atoms with Crippen LogP contribution in [0.15, 0.2) is 4.79 Å². The van der Waals surface area contributed by atoms with Crippen LogP contribution >= 0.6 is 0 Å². The number of nitrogens with zero attached hydrogens (tertiary/aromatic N) is 3. The maximum absolute atomic E-state index is 12.4. The minimum Gasteiger partial charge on any atom is -0.341 e. The Morgan fingerprint density at radius 3 is 2.52 bits per heavy atom. The number of carbonyl (C=O) groups is 1. The van der Waals surface area contributed by atoms with Crippen molar-refractivity contribution in [3.05, 3.63) is 27.4 Å². The van der Waals surface area contributed by atoms with Crippen molar-refractivity contribution in [3.63, 3.8) is 0 Å². The normalized spacial score (nSPS) is 16.6. The second kappa shape index (κ2) is 6.40. The quantitative estimate of drug-likeness (QED) is 0.756. The molecule has 1 aliphatic rings. The summed E-state index contributed by atoms with van der Waals surface area (Å²) in [5.74, 6) is 0.345. The summed E-state index contributed by atoms with van der Waals surface area (Å²) in [7, 11) is -1.77. The van der Waals surface area contributed by atoms with Gasteiger partial charge in [0.05, 0.1) is 18.0 Å². The van der Waals surface area contributed by atoms with Crippen LogP contribution in [-0.4, -0.2) is 54.2 Å². The highest BCUT2D eigenvalue weighted by Gasteiger charge is 2.26. The van der Waals surface area contributed by atoms with E-state index >= 15 is 0 Å². The number of hydrogen-bond donors (Lipinski definition) is 1. The van der Waals surface area contributed by atoms with Crippen molar-refractivity contribution in [2.75, 3.05) is 19.3 Å². The predicted octanol–water partition coefficient (Wildman–Crippen LogP) is -1.05. The van der Waals surface area contributed by atoms with E-state index in [0.29, 0.717) is 37.3 Å². The zero-order valence-electron chi connectivity index (χ0n) is 13.8. The smallest absolute Gasteiger partial charge is 0.256 e. The molecule has 1 aromatic rings. The highest BCUT2D eigenvalue weighted by atomic mass is 32.2. The molecule has 0 unspecified atom stereocenters. The molecule has 1 amide bonds. The fourth-order valence-electron chi connectivity index (χ4n) is 2.73. The molecular weight excluding hydrogens is 320 g/mol. The van der Waals surface area contributed by atoms with E-state index in [1.807, 2.05) is 0 Å². The Balaban J connectivity index is 2.18. The Kier molecular flexibility index (Phi) is 4.90. The van der Waals surface area contributed by atoms with Crippen LogP contribution < -0.4 is 10.3 Å². The Bertz CT molecular complexity index is 785. The van der Waals surface area contributed by atoms with Crippen molar-refractivity contribution in [1.82, 2.24) is 19.2 Å². The van der Waals surface area contributed by atoms with Gasteiger partial charge in [0.1, 0.15) is 5.82 Å². The summed E-state index contributed by atoms with van der Waals surface area (Å²) >= 11 is 0. The summed E-state index contributed by atoms with van der Waals surface area (Å²) in [6.45, 7) is 4.08. The number of aryl methyl sites for hydroxylation is 1. The van der Waals surface area contributed by atoms with Crippen molar-refractivity contribution in [1.29, 1.82) is 0 Å². The first-order valence-electron chi connectivity index (χ1n) is 7.41. The lowest BCUT2D eigenvalue weighted by Gasteiger charge is -2.24. The van der Waals surface area contributed by atoms with Gasteiger partial charge in [-0.3, -0.25) is 14.2 Å². The maximum atomic E-state index is 12.4. The summed E-state index contributed by atoms with van der Waals surface area (Å²) in [5, 5.41) is 0. The number of hydrogen-bond acceptors (Lipinski definition) is 5. The molecule has 1 aliphatic heterocycles. The van der Waals surface area contributed by atoms with E-state index in [2.05, 4.69) is 9.71 Å². The molecule has 1 aromatic heterocycles. The molecule has 0 aliphatic carbocycles. The van der Waals surface area contributed by atoms with Crippen LogP contribution in [0.1, 0.15) is 24.0 Å². The van der Waals surface area contributed by atoms with Gasteiger partial charge in [0, 0.05) is 32.1 Å². The van der Waals surface area contributed by atoms with Crippen LogP contribution in [-0.2, 0) is 34.7 Å². The number of amides is 1. The Labute approximate surface area is 135 Å². The molecule has 1 atom stereocenters. The molecule has 0 saturated heterocycles. The minimum absolute atomic E-state index is 0.0795. The van der Waals surface area contributed by atoms with Gasteiger partial charge in [-0.05, 0) is 20.3 Å². The average molecular weight is 342 g/mol. The number of fused-ring (bicyclic) bond motifs is 1. The van der Waals surface area contributed by atoms with E-state index < -0.39 is 16.1 Å². The number of nitrogens with one attached hydrogen (secondary N) is 1. The number of rotatable bonds is 3. The highest BCUT2D eigenvalue weighted by Crippen LogP contribution is 2.12.